The summed E-state index contributed by atoms with van der Waals surface area (Å²) in [4.78, 5) is 26.5. The Hall–Kier alpha value is -3.78. The average Bonchev–Trinajstić information content (AvgIpc) is 3.19. The number of cyclic esters (lactones) is 1. The largest absolute Gasteiger partial charge is 0.448 e. The summed E-state index contributed by atoms with van der Waals surface area (Å²) in [6.45, 7) is 1.74. The number of fused-ring (bicyclic) bond motifs is 1. The van der Waals surface area contributed by atoms with Crippen LogP contribution in [0.3, 0.4) is 0 Å². The predicted octanol–water partition coefficient (Wildman–Crippen LogP) is 3.34. The van der Waals surface area contributed by atoms with E-state index in [4.69, 9.17) is 9.15 Å². The van der Waals surface area contributed by atoms with E-state index < -0.39 is 11.5 Å². The van der Waals surface area contributed by atoms with E-state index in [0.717, 1.165) is 5.56 Å². The van der Waals surface area contributed by atoms with Crippen LogP contribution in [0.4, 0.5) is 0 Å². The number of aromatic amines is 1. The van der Waals surface area contributed by atoms with E-state index in [-0.39, 0.29) is 11.3 Å². The first kappa shape index (κ1) is 15.7. The molecule has 0 radical (unpaired) electrons. The second-order valence-electron chi connectivity index (χ2n) is 5.79. The van der Waals surface area contributed by atoms with Crippen LogP contribution in [-0.4, -0.2) is 11.0 Å². The summed E-state index contributed by atoms with van der Waals surface area (Å²) in [5.41, 5.74) is 1.55. The molecule has 0 saturated carbocycles. The molecule has 0 bridgehead atoms. The molecule has 3 aromatic rings. The van der Waals surface area contributed by atoms with Crippen molar-refractivity contribution in [1.29, 1.82) is 0 Å². The summed E-state index contributed by atoms with van der Waals surface area (Å²) in [6.07, 6.45) is 1.58. The molecule has 0 unspecified atom stereocenters. The highest BCUT2D eigenvalue weighted by Crippen LogP contribution is 2.29. The molecule has 26 heavy (non-hydrogen) atoms. The maximum Gasteiger partial charge on any atom is 0.349 e. The first-order valence-corrected chi connectivity index (χ1v) is 7.95. The molecule has 4 rings (SSSR count). The Morgan fingerprint density at radius 1 is 1.04 bits per heavy atom. The Balaban J connectivity index is 1.66. The number of aryl methyl sites for hydroxylation is 1. The van der Waals surface area contributed by atoms with Crippen molar-refractivity contribution in [3.63, 3.8) is 0 Å². The molecule has 2 aromatic heterocycles. The number of esters is 1. The molecule has 1 aliphatic rings. The van der Waals surface area contributed by atoms with Crippen molar-refractivity contribution in [3.05, 3.63) is 92.8 Å². The molecule has 0 atom stereocenters. The first-order chi connectivity index (χ1) is 12.6. The minimum absolute atomic E-state index is 0.0116. The fourth-order valence-corrected chi connectivity index (χ4v) is 2.68. The molecule has 0 saturated heterocycles. The fraction of sp³-hybridized carbons (Fsp3) is 0.0476. The number of carbonyl (C=O) groups excluding carboxylic acids is 1. The topological polar surface area (TPSA) is 72.3 Å². The number of H-pyrrole nitrogens is 1. The van der Waals surface area contributed by atoms with Crippen LogP contribution in [-0.2, 0) is 4.74 Å². The third kappa shape index (κ3) is 2.96. The van der Waals surface area contributed by atoms with E-state index in [1.807, 2.05) is 30.3 Å². The zero-order valence-corrected chi connectivity index (χ0v) is 13.8. The van der Waals surface area contributed by atoms with Crippen molar-refractivity contribution in [2.75, 3.05) is 0 Å². The molecular weight excluding hydrogens is 330 g/mol. The number of carbonyl (C=O) groups is 1. The number of nitrogens with one attached hydrogen (secondary N) is 1. The monoisotopic (exact) mass is 343 g/mol. The number of ether oxygens (including phenoxy) is 1. The van der Waals surface area contributed by atoms with E-state index in [2.05, 4.69) is 16.8 Å². The molecule has 126 valence electrons. The maximum absolute atomic E-state index is 11.9. The molecule has 0 spiro atoms. The highest BCUT2D eigenvalue weighted by atomic mass is 16.5. The van der Waals surface area contributed by atoms with Crippen molar-refractivity contribution >= 4 is 17.8 Å². The van der Waals surface area contributed by atoms with Gasteiger partial charge in [-0.2, -0.15) is 0 Å². The molecule has 0 aliphatic carbocycles. The standard InChI is InChI=1S/C21H13NO4/c1-13-11-17-18(26-21(24)19(17)20(23)22-13)12-16-10-9-15(25-16)8-7-14-5-3-2-4-6-14/h2-6,9-12H,1H3,(H,22,23)/b18-12+. The summed E-state index contributed by atoms with van der Waals surface area (Å²) in [5.74, 6) is 6.55. The third-order valence-electron chi connectivity index (χ3n) is 3.84. The van der Waals surface area contributed by atoms with Crippen LogP contribution in [0.1, 0.15) is 38.7 Å². The zero-order valence-electron chi connectivity index (χ0n) is 13.8. The molecule has 5 nitrogen and oxygen atoms in total. The molecule has 0 amide bonds. The summed E-state index contributed by atoms with van der Waals surface area (Å²) in [5, 5.41) is 0. The maximum atomic E-state index is 11.9. The van der Waals surface area contributed by atoms with E-state index in [1.54, 1.807) is 31.2 Å². The van der Waals surface area contributed by atoms with Gasteiger partial charge in [0, 0.05) is 22.9 Å². The van der Waals surface area contributed by atoms with E-state index >= 15 is 0 Å². The Morgan fingerprint density at radius 3 is 2.65 bits per heavy atom. The number of rotatable bonds is 1. The highest BCUT2D eigenvalue weighted by molar-refractivity contribution is 6.05. The van der Waals surface area contributed by atoms with Gasteiger partial charge < -0.3 is 14.1 Å². The quantitative estimate of drug-likeness (QED) is 0.543. The number of hydrogen-bond donors (Lipinski definition) is 1. The molecule has 0 fully saturated rings. The van der Waals surface area contributed by atoms with Gasteiger partial charge in [0.05, 0.1) is 0 Å². The van der Waals surface area contributed by atoms with Gasteiger partial charge in [-0.05, 0) is 43.2 Å². The van der Waals surface area contributed by atoms with Crippen LogP contribution in [0.2, 0.25) is 0 Å². The molecular formula is C21H13NO4. The Kier molecular flexibility index (Phi) is 3.79. The number of pyridine rings is 1. The molecule has 5 heteroatoms. The molecule has 1 aliphatic heterocycles. The lowest BCUT2D eigenvalue weighted by Gasteiger charge is -1.98. The lowest BCUT2D eigenvalue weighted by Crippen LogP contribution is -2.16. The Labute approximate surface area is 148 Å². The fourth-order valence-electron chi connectivity index (χ4n) is 2.68. The SMILES string of the molecule is Cc1cc2c(c(=O)[nH]1)C(=O)O/C2=C/c1ccc(C#Cc2ccccc2)o1. The van der Waals surface area contributed by atoms with Gasteiger partial charge in [-0.1, -0.05) is 24.1 Å². The lowest BCUT2D eigenvalue weighted by molar-refractivity contribution is 0.0715. The van der Waals surface area contributed by atoms with Crippen molar-refractivity contribution in [3.8, 4) is 11.8 Å². The minimum atomic E-state index is -0.664. The predicted molar refractivity (Wildman–Crippen MR) is 96.2 cm³/mol. The van der Waals surface area contributed by atoms with E-state index in [9.17, 15) is 9.59 Å². The zero-order chi connectivity index (χ0) is 18.1. The number of furan rings is 1. The van der Waals surface area contributed by atoms with Gasteiger partial charge in [0.15, 0.2) is 5.76 Å². The van der Waals surface area contributed by atoms with Gasteiger partial charge >= 0.3 is 5.97 Å². The Bertz CT molecular complexity index is 1150. The van der Waals surface area contributed by atoms with Gasteiger partial charge in [0.2, 0.25) is 0 Å². The normalized spacial score (nSPS) is 13.9. The summed E-state index contributed by atoms with van der Waals surface area (Å²) < 4.78 is 10.9. The average molecular weight is 343 g/mol. The molecule has 1 aromatic carbocycles. The van der Waals surface area contributed by atoms with Crippen molar-refractivity contribution in [2.24, 2.45) is 0 Å². The first-order valence-electron chi connectivity index (χ1n) is 7.95. The van der Waals surface area contributed by atoms with Crippen molar-refractivity contribution in [2.45, 2.75) is 6.92 Å². The minimum Gasteiger partial charge on any atom is -0.448 e. The van der Waals surface area contributed by atoms with Crippen molar-refractivity contribution in [1.82, 2.24) is 4.98 Å². The number of benzene rings is 1. The van der Waals surface area contributed by atoms with Gasteiger partial charge in [-0.15, -0.1) is 0 Å². The van der Waals surface area contributed by atoms with Crippen LogP contribution in [0, 0.1) is 18.8 Å². The second-order valence-corrected chi connectivity index (χ2v) is 5.79. The molecule has 1 N–H and O–H groups in total. The summed E-state index contributed by atoms with van der Waals surface area (Å²) in [6, 6.07) is 14.7. The van der Waals surface area contributed by atoms with Crippen LogP contribution in [0.25, 0.3) is 11.8 Å². The summed E-state index contributed by atoms with van der Waals surface area (Å²) in [7, 11) is 0. The summed E-state index contributed by atoms with van der Waals surface area (Å²) >= 11 is 0. The van der Waals surface area contributed by atoms with Gasteiger partial charge in [0.1, 0.15) is 17.1 Å². The van der Waals surface area contributed by atoms with E-state index in [1.165, 1.54) is 0 Å². The lowest BCUT2D eigenvalue weighted by atomic mass is 10.1. The van der Waals surface area contributed by atoms with Gasteiger partial charge in [-0.3, -0.25) is 4.79 Å². The van der Waals surface area contributed by atoms with Crippen LogP contribution in [0.15, 0.2) is 57.7 Å². The van der Waals surface area contributed by atoms with Crippen molar-refractivity contribution < 1.29 is 13.9 Å². The van der Waals surface area contributed by atoms with Crippen LogP contribution >= 0.6 is 0 Å². The smallest absolute Gasteiger partial charge is 0.349 e. The number of aromatic nitrogens is 1. The molecule has 3 heterocycles. The second kappa shape index (κ2) is 6.26. The van der Waals surface area contributed by atoms with Gasteiger partial charge in [-0.25, -0.2) is 4.79 Å². The number of hydrogen-bond acceptors (Lipinski definition) is 4. The Morgan fingerprint density at radius 2 is 1.85 bits per heavy atom. The highest BCUT2D eigenvalue weighted by Gasteiger charge is 2.30. The van der Waals surface area contributed by atoms with E-state index in [0.29, 0.717) is 22.8 Å². The third-order valence-corrected chi connectivity index (χ3v) is 3.84. The van der Waals surface area contributed by atoms with Crippen LogP contribution in [0.5, 0.6) is 0 Å². The van der Waals surface area contributed by atoms with Gasteiger partial charge in [0.25, 0.3) is 5.56 Å². The van der Waals surface area contributed by atoms with Crippen LogP contribution < -0.4 is 5.56 Å².